The van der Waals surface area contributed by atoms with Crippen molar-refractivity contribution in [1.29, 1.82) is 0 Å². The Bertz CT molecular complexity index is 560. The van der Waals surface area contributed by atoms with Gasteiger partial charge < -0.3 is 10.4 Å². The Labute approximate surface area is 80.0 Å². The number of carbonyl (C=O) groups is 1. The van der Waals surface area contributed by atoms with Crippen LogP contribution in [0.5, 0.6) is 5.75 Å². The molecule has 0 fully saturated rings. The highest BCUT2D eigenvalue weighted by atomic mass is 16.3. The molecule has 1 heterocycles. The molecule has 0 spiro atoms. The third-order valence-electron chi connectivity index (χ3n) is 2.45. The fourth-order valence-corrected chi connectivity index (χ4v) is 1.88. The molecule has 3 rings (SSSR count). The van der Waals surface area contributed by atoms with Gasteiger partial charge >= 0.3 is 0 Å². The standard InChI is InChI=1S/C11H7NO2/c13-7-4-6-2-1-3-9-10(6)8(5-7)11(14)12-9/h1-5,13H,(H,12,14). The number of aromatic hydroxyl groups is 1. The molecule has 1 aliphatic rings. The molecule has 2 aromatic carbocycles. The summed E-state index contributed by atoms with van der Waals surface area (Å²) in [6.07, 6.45) is 0. The predicted molar refractivity (Wildman–Crippen MR) is 53.6 cm³/mol. The molecule has 2 N–H and O–H groups in total. The fraction of sp³-hybridized carbons (Fsp3) is 0. The van der Waals surface area contributed by atoms with Gasteiger partial charge in [-0.3, -0.25) is 4.79 Å². The summed E-state index contributed by atoms with van der Waals surface area (Å²) in [4.78, 5) is 11.5. The normalized spacial score (nSPS) is 13.3. The quantitative estimate of drug-likeness (QED) is 0.660. The van der Waals surface area contributed by atoms with Gasteiger partial charge in [0.15, 0.2) is 0 Å². The van der Waals surface area contributed by atoms with Gasteiger partial charge in [-0.05, 0) is 23.6 Å². The summed E-state index contributed by atoms with van der Waals surface area (Å²) in [5.41, 5.74) is 1.37. The van der Waals surface area contributed by atoms with Gasteiger partial charge in [-0.2, -0.15) is 0 Å². The SMILES string of the molecule is O=C1Nc2cccc3cc(O)cc1c23. The second kappa shape index (κ2) is 2.26. The number of phenolic OH excluding ortho intramolecular Hbond substituents is 1. The maximum atomic E-state index is 11.5. The average Bonchev–Trinajstić information content (AvgIpc) is 2.45. The largest absolute Gasteiger partial charge is 0.508 e. The van der Waals surface area contributed by atoms with Crippen LogP contribution in [0.4, 0.5) is 5.69 Å². The van der Waals surface area contributed by atoms with Crippen molar-refractivity contribution in [1.82, 2.24) is 0 Å². The number of phenols is 1. The first-order valence-electron chi connectivity index (χ1n) is 4.33. The average molecular weight is 185 g/mol. The first-order valence-corrected chi connectivity index (χ1v) is 4.33. The summed E-state index contributed by atoms with van der Waals surface area (Å²) in [7, 11) is 0. The fourth-order valence-electron chi connectivity index (χ4n) is 1.88. The van der Waals surface area contributed by atoms with Crippen LogP contribution in [0.15, 0.2) is 30.3 Å². The summed E-state index contributed by atoms with van der Waals surface area (Å²) in [6, 6.07) is 8.74. The number of amides is 1. The van der Waals surface area contributed by atoms with E-state index in [2.05, 4.69) is 5.32 Å². The first-order chi connectivity index (χ1) is 6.75. The van der Waals surface area contributed by atoms with Gasteiger partial charge in [-0.25, -0.2) is 0 Å². The van der Waals surface area contributed by atoms with Crippen LogP contribution in [-0.4, -0.2) is 11.0 Å². The Balaban J connectivity index is 2.56. The molecule has 68 valence electrons. The van der Waals surface area contributed by atoms with Crippen molar-refractivity contribution in [2.75, 3.05) is 5.32 Å². The minimum atomic E-state index is -0.146. The van der Waals surface area contributed by atoms with E-state index < -0.39 is 0 Å². The van der Waals surface area contributed by atoms with E-state index in [4.69, 9.17) is 0 Å². The maximum Gasteiger partial charge on any atom is 0.256 e. The third kappa shape index (κ3) is 0.785. The summed E-state index contributed by atoms with van der Waals surface area (Å²) >= 11 is 0. The van der Waals surface area contributed by atoms with Crippen LogP contribution < -0.4 is 5.32 Å². The number of benzene rings is 2. The van der Waals surface area contributed by atoms with Gasteiger partial charge in [0.05, 0.1) is 5.56 Å². The number of hydrogen-bond acceptors (Lipinski definition) is 2. The minimum absolute atomic E-state index is 0.127. The number of anilines is 1. The van der Waals surface area contributed by atoms with E-state index in [1.165, 1.54) is 6.07 Å². The van der Waals surface area contributed by atoms with Gasteiger partial charge in [-0.15, -0.1) is 0 Å². The second-order valence-electron chi connectivity index (χ2n) is 3.35. The zero-order valence-electron chi connectivity index (χ0n) is 7.24. The molecular formula is C11H7NO2. The van der Waals surface area contributed by atoms with Gasteiger partial charge in [0, 0.05) is 11.1 Å². The Morgan fingerprint density at radius 1 is 1.21 bits per heavy atom. The van der Waals surface area contributed by atoms with Crippen molar-refractivity contribution in [2.24, 2.45) is 0 Å². The lowest BCUT2D eigenvalue weighted by molar-refractivity contribution is 0.103. The second-order valence-corrected chi connectivity index (χ2v) is 3.35. The molecule has 0 atom stereocenters. The molecule has 0 radical (unpaired) electrons. The number of nitrogens with one attached hydrogen (secondary N) is 1. The van der Waals surface area contributed by atoms with E-state index in [0.29, 0.717) is 5.56 Å². The van der Waals surface area contributed by atoms with Crippen LogP contribution in [0.3, 0.4) is 0 Å². The smallest absolute Gasteiger partial charge is 0.256 e. The van der Waals surface area contributed by atoms with Gasteiger partial charge in [0.2, 0.25) is 0 Å². The van der Waals surface area contributed by atoms with Gasteiger partial charge in [-0.1, -0.05) is 12.1 Å². The molecule has 1 amide bonds. The molecule has 2 aromatic rings. The Kier molecular flexibility index (Phi) is 1.19. The monoisotopic (exact) mass is 185 g/mol. The predicted octanol–water partition coefficient (Wildman–Crippen LogP) is 2.11. The topological polar surface area (TPSA) is 49.3 Å². The zero-order valence-corrected chi connectivity index (χ0v) is 7.24. The molecule has 0 unspecified atom stereocenters. The van der Waals surface area contributed by atoms with Crippen LogP contribution in [0, 0.1) is 0 Å². The van der Waals surface area contributed by atoms with E-state index >= 15 is 0 Å². The van der Waals surface area contributed by atoms with Gasteiger partial charge in [0.1, 0.15) is 5.75 Å². The van der Waals surface area contributed by atoms with Crippen LogP contribution >= 0.6 is 0 Å². The molecule has 0 saturated carbocycles. The van der Waals surface area contributed by atoms with Crippen molar-refractivity contribution in [2.45, 2.75) is 0 Å². The minimum Gasteiger partial charge on any atom is -0.508 e. The van der Waals surface area contributed by atoms with Crippen molar-refractivity contribution < 1.29 is 9.90 Å². The summed E-state index contributed by atoms with van der Waals surface area (Å²) in [5.74, 6) is -0.0196. The first kappa shape index (κ1) is 7.38. The highest BCUT2D eigenvalue weighted by molar-refractivity contribution is 6.24. The lowest BCUT2D eigenvalue weighted by atomic mass is 10.1. The zero-order chi connectivity index (χ0) is 9.71. The van der Waals surface area contributed by atoms with Crippen LogP contribution in [0.25, 0.3) is 10.8 Å². The molecule has 3 nitrogen and oxygen atoms in total. The van der Waals surface area contributed by atoms with Crippen LogP contribution in [-0.2, 0) is 0 Å². The molecule has 0 aromatic heterocycles. The lowest BCUT2D eigenvalue weighted by Crippen LogP contribution is -2.03. The van der Waals surface area contributed by atoms with E-state index in [9.17, 15) is 9.90 Å². The Morgan fingerprint density at radius 3 is 2.93 bits per heavy atom. The number of hydrogen-bond donors (Lipinski definition) is 2. The lowest BCUT2D eigenvalue weighted by Gasteiger charge is -1.99. The van der Waals surface area contributed by atoms with Crippen LogP contribution in [0.1, 0.15) is 10.4 Å². The Hall–Kier alpha value is -2.03. The summed E-state index contributed by atoms with van der Waals surface area (Å²) in [6.45, 7) is 0. The molecule has 0 saturated heterocycles. The van der Waals surface area contributed by atoms with Crippen molar-refractivity contribution in [3.8, 4) is 5.75 Å². The van der Waals surface area contributed by atoms with E-state index in [-0.39, 0.29) is 11.7 Å². The molecule has 0 bridgehead atoms. The van der Waals surface area contributed by atoms with Crippen LogP contribution in [0.2, 0.25) is 0 Å². The van der Waals surface area contributed by atoms with E-state index in [0.717, 1.165) is 16.5 Å². The summed E-state index contributed by atoms with van der Waals surface area (Å²) in [5, 5.41) is 13.9. The van der Waals surface area contributed by atoms with E-state index in [1.807, 2.05) is 18.2 Å². The van der Waals surface area contributed by atoms with E-state index in [1.54, 1.807) is 6.07 Å². The Morgan fingerprint density at radius 2 is 2.07 bits per heavy atom. The maximum absolute atomic E-state index is 11.5. The highest BCUT2D eigenvalue weighted by Crippen LogP contribution is 2.35. The third-order valence-corrected chi connectivity index (χ3v) is 2.45. The van der Waals surface area contributed by atoms with Gasteiger partial charge in [0.25, 0.3) is 5.91 Å². The van der Waals surface area contributed by atoms with Crippen molar-refractivity contribution in [3.63, 3.8) is 0 Å². The molecule has 3 heteroatoms. The number of carbonyl (C=O) groups excluding carboxylic acids is 1. The number of rotatable bonds is 0. The summed E-state index contributed by atoms with van der Waals surface area (Å²) < 4.78 is 0. The molecule has 0 aliphatic carbocycles. The molecule has 1 aliphatic heterocycles. The highest BCUT2D eigenvalue weighted by Gasteiger charge is 2.21. The van der Waals surface area contributed by atoms with Crippen molar-refractivity contribution in [3.05, 3.63) is 35.9 Å². The molecular weight excluding hydrogens is 178 g/mol. The van der Waals surface area contributed by atoms with Crippen molar-refractivity contribution >= 4 is 22.4 Å². The molecule has 14 heavy (non-hydrogen) atoms.